The molecule has 2 fully saturated rings. The van der Waals surface area contributed by atoms with Crippen LogP contribution in [0, 0.1) is 27.8 Å². The van der Waals surface area contributed by atoms with E-state index in [1.807, 2.05) is 30.5 Å². The molecule has 1 saturated heterocycles. The maximum atomic E-state index is 13.6. The summed E-state index contributed by atoms with van der Waals surface area (Å²) >= 11 is 0. The van der Waals surface area contributed by atoms with Crippen LogP contribution in [0.4, 0.5) is 10.1 Å². The summed E-state index contributed by atoms with van der Waals surface area (Å²) in [4.78, 5) is 19.7. The minimum absolute atomic E-state index is 0.119. The zero-order valence-corrected chi connectivity index (χ0v) is 24.1. The number of hydrogen-bond acceptors (Lipinski definition) is 7. The second-order valence-electron chi connectivity index (χ2n) is 11.1. The zero-order chi connectivity index (χ0) is 29.0. The Morgan fingerprint density at radius 1 is 1.20 bits per heavy atom. The average molecular weight is 578 g/mol. The second kappa shape index (κ2) is 12.0. The molecule has 3 heterocycles. The van der Waals surface area contributed by atoms with Gasteiger partial charge in [-0.3, -0.25) is 9.57 Å². The van der Waals surface area contributed by atoms with Gasteiger partial charge in [0.25, 0.3) is 0 Å². The van der Waals surface area contributed by atoms with Crippen molar-refractivity contribution >= 4 is 21.3 Å². The van der Waals surface area contributed by atoms with Crippen LogP contribution in [0.25, 0.3) is 16.9 Å². The summed E-state index contributed by atoms with van der Waals surface area (Å²) in [6.45, 7) is 3.29. The summed E-state index contributed by atoms with van der Waals surface area (Å²) in [6, 6.07) is 13.2. The maximum Gasteiger partial charge on any atom is 0.224 e. The van der Waals surface area contributed by atoms with Gasteiger partial charge in [-0.15, -0.1) is 0 Å². The topological polar surface area (TPSA) is 128 Å². The molecule has 1 aliphatic carbocycles. The van der Waals surface area contributed by atoms with Crippen molar-refractivity contribution in [2.24, 2.45) is 5.92 Å². The van der Waals surface area contributed by atoms with E-state index >= 15 is 0 Å². The molecule has 2 aliphatic rings. The second-order valence-corrected chi connectivity index (χ2v) is 13.5. The number of carbonyl (C=O) groups excluding carboxylic acids is 1. The minimum atomic E-state index is -2.48. The van der Waals surface area contributed by atoms with Gasteiger partial charge in [-0.2, -0.15) is 10.4 Å². The number of benzene rings is 1. The minimum Gasteiger partial charge on any atom is -0.370 e. The molecule has 1 amide bonds. The number of nitriles is 1. The number of nitrogens with one attached hydrogen (secondary N) is 2. The van der Waals surface area contributed by atoms with Crippen molar-refractivity contribution in [3.63, 3.8) is 0 Å². The van der Waals surface area contributed by atoms with Crippen LogP contribution in [0.5, 0.6) is 0 Å². The Bertz CT molecular complexity index is 1510. The molecule has 41 heavy (non-hydrogen) atoms. The number of rotatable bonds is 11. The lowest BCUT2D eigenvalue weighted by molar-refractivity contribution is -0.125. The van der Waals surface area contributed by atoms with E-state index in [2.05, 4.69) is 28.2 Å². The first-order valence-electron chi connectivity index (χ1n) is 14.2. The highest BCUT2D eigenvalue weighted by Crippen LogP contribution is 2.35. The van der Waals surface area contributed by atoms with E-state index < -0.39 is 21.1 Å². The summed E-state index contributed by atoms with van der Waals surface area (Å²) < 4.78 is 35.1. The van der Waals surface area contributed by atoms with Crippen molar-refractivity contribution in [3.05, 3.63) is 60.3 Å². The zero-order valence-electron chi connectivity index (χ0n) is 23.3. The normalized spacial score (nSPS) is 17.9. The highest BCUT2D eigenvalue weighted by atomic mass is 32.2. The predicted molar refractivity (Wildman–Crippen MR) is 157 cm³/mol. The fourth-order valence-electron chi connectivity index (χ4n) is 5.19. The third-order valence-corrected chi connectivity index (χ3v) is 9.64. The van der Waals surface area contributed by atoms with Gasteiger partial charge in [0, 0.05) is 64.1 Å². The van der Waals surface area contributed by atoms with Crippen LogP contribution in [0.1, 0.15) is 51.1 Å². The van der Waals surface area contributed by atoms with Gasteiger partial charge in [0.05, 0.1) is 18.0 Å². The summed E-state index contributed by atoms with van der Waals surface area (Å²) in [6.07, 6.45) is 8.40. The third kappa shape index (κ3) is 6.93. The monoisotopic (exact) mass is 577 g/mol. The molecule has 9 nitrogen and oxygen atoms in total. The lowest BCUT2D eigenvalue weighted by Gasteiger charge is -2.30. The van der Waals surface area contributed by atoms with Gasteiger partial charge < -0.3 is 10.2 Å². The average Bonchev–Trinajstić information content (AvgIpc) is 3.62. The van der Waals surface area contributed by atoms with Crippen LogP contribution in [0.2, 0.25) is 0 Å². The number of carbonyl (C=O) groups is 1. The fraction of sp³-hybridized carbons (Fsp3) is 0.467. The van der Waals surface area contributed by atoms with Crippen LogP contribution in [-0.2, 0) is 20.9 Å². The molecule has 1 aromatic carbocycles. The van der Waals surface area contributed by atoms with E-state index in [0.29, 0.717) is 56.1 Å². The highest BCUT2D eigenvalue weighted by Gasteiger charge is 2.45. The summed E-state index contributed by atoms with van der Waals surface area (Å²) in [5, 5.41) is 17.3. The first-order chi connectivity index (χ1) is 19.7. The van der Waals surface area contributed by atoms with Crippen LogP contribution in [0.15, 0.2) is 48.8 Å². The van der Waals surface area contributed by atoms with Gasteiger partial charge >= 0.3 is 0 Å². The van der Waals surface area contributed by atoms with Crippen LogP contribution >= 0.6 is 0 Å². The lowest BCUT2D eigenvalue weighted by Crippen LogP contribution is -2.40. The number of amides is 1. The fourth-order valence-corrected chi connectivity index (χ4v) is 6.42. The molecule has 1 saturated carbocycles. The van der Waals surface area contributed by atoms with E-state index in [-0.39, 0.29) is 11.8 Å². The summed E-state index contributed by atoms with van der Waals surface area (Å²) in [7, 11) is -2.48. The molecule has 0 radical (unpaired) electrons. The number of nitrogens with zero attached hydrogens (tertiary/aromatic N) is 5. The molecule has 5 rings (SSSR count). The number of aromatic nitrogens is 3. The van der Waals surface area contributed by atoms with Crippen molar-refractivity contribution in [2.45, 2.75) is 57.4 Å². The van der Waals surface area contributed by atoms with Crippen molar-refractivity contribution in [1.29, 1.82) is 10.0 Å². The Morgan fingerprint density at radius 3 is 2.54 bits per heavy atom. The molecule has 216 valence electrons. The molecule has 2 aromatic heterocycles. The van der Waals surface area contributed by atoms with Crippen molar-refractivity contribution < 1.29 is 13.4 Å². The summed E-state index contributed by atoms with van der Waals surface area (Å²) in [5.74, 6) is 0.303. The Morgan fingerprint density at radius 2 is 1.93 bits per heavy atom. The molecular weight excluding hydrogens is 541 g/mol. The molecule has 0 unspecified atom stereocenters. The number of pyridine rings is 1. The van der Waals surface area contributed by atoms with Crippen molar-refractivity contribution in [1.82, 2.24) is 20.1 Å². The molecule has 2 N–H and O–H groups in total. The molecule has 1 aliphatic heterocycles. The summed E-state index contributed by atoms with van der Waals surface area (Å²) in [5.41, 5.74) is 2.76. The SMILES string of the molecule is CCCCC[C@H](Cc1nn(-c2ccc(F)cn2)cc1-c1ccc(N2CCS(=N)(=O)CC2)cc1)C(=O)NC1(C#N)CC1. The number of unbranched alkanes of at least 4 members (excludes halogenated alkanes) is 2. The molecule has 1 atom stereocenters. The Labute approximate surface area is 240 Å². The molecule has 0 spiro atoms. The Kier molecular flexibility index (Phi) is 8.40. The molecular formula is C30H36FN7O2S. The van der Waals surface area contributed by atoms with Crippen LogP contribution in [-0.4, -0.2) is 55.0 Å². The van der Waals surface area contributed by atoms with E-state index in [4.69, 9.17) is 9.88 Å². The van der Waals surface area contributed by atoms with Gasteiger partial charge in [0.15, 0.2) is 5.82 Å². The van der Waals surface area contributed by atoms with Crippen molar-refractivity contribution in [3.8, 4) is 23.0 Å². The smallest absolute Gasteiger partial charge is 0.224 e. The maximum absolute atomic E-state index is 13.6. The molecule has 3 aromatic rings. The largest absolute Gasteiger partial charge is 0.370 e. The number of anilines is 1. The number of hydrogen-bond donors (Lipinski definition) is 2. The molecule has 11 heteroatoms. The van der Waals surface area contributed by atoms with Crippen LogP contribution in [0.3, 0.4) is 0 Å². The van der Waals surface area contributed by atoms with Gasteiger partial charge in [0.1, 0.15) is 11.4 Å². The standard InChI is InChI=1S/C30H36FN7O2S/c1-2-3-4-5-23(29(39)35-30(21-32)12-13-30)18-27-26(20-38(36-27)28-11-8-24(31)19-34-28)22-6-9-25(10-7-22)37-14-16-41(33,40)17-15-37/h6-11,19-20,23,33H,2-5,12-18H2,1H3,(H,35,39)/t23-/m1/s1. The van der Waals surface area contributed by atoms with Gasteiger partial charge in [-0.05, 0) is 49.1 Å². The quantitative estimate of drug-likeness (QED) is 0.314. The van der Waals surface area contributed by atoms with E-state index in [1.54, 1.807) is 10.7 Å². The molecule has 0 bridgehead atoms. The lowest BCUT2D eigenvalue weighted by atomic mass is 9.92. The Hall–Kier alpha value is -3.78. The Balaban J connectivity index is 1.44. The van der Waals surface area contributed by atoms with Crippen LogP contribution < -0.4 is 10.2 Å². The van der Waals surface area contributed by atoms with E-state index in [1.165, 1.54) is 6.07 Å². The van der Waals surface area contributed by atoms with Crippen molar-refractivity contribution in [2.75, 3.05) is 29.5 Å². The van der Waals surface area contributed by atoms with E-state index in [9.17, 15) is 18.7 Å². The first kappa shape index (κ1) is 28.7. The third-order valence-electron chi connectivity index (χ3n) is 7.96. The predicted octanol–water partition coefficient (Wildman–Crippen LogP) is 4.85. The van der Waals surface area contributed by atoms with Gasteiger partial charge in [-0.25, -0.2) is 18.3 Å². The van der Waals surface area contributed by atoms with Gasteiger partial charge in [-0.1, -0.05) is 38.3 Å². The highest BCUT2D eigenvalue weighted by molar-refractivity contribution is 7.92. The first-order valence-corrected chi connectivity index (χ1v) is 16.1. The van der Waals surface area contributed by atoms with E-state index in [0.717, 1.165) is 48.0 Å². The van der Waals surface area contributed by atoms with Gasteiger partial charge in [0.2, 0.25) is 5.91 Å². The number of halogens is 1.